The van der Waals surface area contributed by atoms with Crippen LogP contribution in [0.25, 0.3) is 0 Å². The Morgan fingerprint density at radius 3 is 2.45 bits per heavy atom. The van der Waals surface area contributed by atoms with Gasteiger partial charge < -0.3 is 14.9 Å². The minimum atomic E-state index is 0.0764. The molecule has 1 aliphatic heterocycles. The van der Waals surface area contributed by atoms with E-state index in [-0.39, 0.29) is 12.5 Å². The molecule has 0 bridgehead atoms. The smallest absolute Gasteiger partial charge is 0.253 e. The Labute approximate surface area is 120 Å². The van der Waals surface area contributed by atoms with Gasteiger partial charge in [0.05, 0.1) is 6.61 Å². The van der Waals surface area contributed by atoms with Crippen molar-refractivity contribution in [2.24, 2.45) is 0 Å². The number of aliphatic hydroxyl groups excluding tert-OH is 1. The number of carbonyl (C=O) groups is 1. The van der Waals surface area contributed by atoms with Gasteiger partial charge in [-0.15, -0.1) is 0 Å². The minimum Gasteiger partial charge on any atom is -0.395 e. The molecular weight excluding hydrogens is 252 g/mol. The molecule has 20 heavy (non-hydrogen) atoms. The summed E-state index contributed by atoms with van der Waals surface area (Å²) in [5.74, 6) is 5.91. The van der Waals surface area contributed by atoms with Crippen molar-refractivity contribution in [2.45, 2.75) is 6.42 Å². The summed E-state index contributed by atoms with van der Waals surface area (Å²) >= 11 is 0. The minimum absolute atomic E-state index is 0.0764. The van der Waals surface area contributed by atoms with E-state index in [1.807, 2.05) is 29.2 Å². The molecule has 2 rings (SSSR count). The van der Waals surface area contributed by atoms with Gasteiger partial charge >= 0.3 is 0 Å². The molecule has 1 aromatic carbocycles. The highest BCUT2D eigenvalue weighted by Crippen LogP contribution is 2.09. The first kappa shape index (κ1) is 14.6. The second-order valence-electron chi connectivity index (χ2n) is 4.95. The Balaban J connectivity index is 1.99. The average molecular weight is 272 g/mol. The molecule has 1 N–H and O–H groups in total. The zero-order valence-electron chi connectivity index (χ0n) is 11.8. The fourth-order valence-corrected chi connectivity index (χ4v) is 2.11. The van der Waals surface area contributed by atoms with Crippen molar-refractivity contribution in [3.05, 3.63) is 35.4 Å². The summed E-state index contributed by atoms with van der Waals surface area (Å²) in [6.07, 6.45) is 0.474. The van der Waals surface area contributed by atoms with Gasteiger partial charge in [0, 0.05) is 43.7 Å². The molecule has 106 valence electrons. The van der Waals surface area contributed by atoms with E-state index in [1.54, 1.807) is 0 Å². The van der Waals surface area contributed by atoms with E-state index in [4.69, 9.17) is 5.11 Å². The molecule has 1 heterocycles. The predicted octanol–water partition coefficient (Wildman–Crippen LogP) is 0.808. The molecule has 1 aliphatic rings. The maximum atomic E-state index is 12.3. The predicted molar refractivity (Wildman–Crippen MR) is 78.4 cm³/mol. The number of hydrogen-bond donors (Lipinski definition) is 1. The lowest BCUT2D eigenvalue weighted by Gasteiger charge is -2.32. The molecule has 1 amide bonds. The first-order chi connectivity index (χ1) is 9.70. The number of nitrogens with zero attached hydrogens (tertiary/aromatic N) is 2. The molecule has 4 nitrogen and oxygen atoms in total. The van der Waals surface area contributed by atoms with E-state index in [1.165, 1.54) is 0 Å². The first-order valence-corrected chi connectivity index (χ1v) is 6.88. The van der Waals surface area contributed by atoms with E-state index in [0.717, 1.165) is 31.7 Å². The lowest BCUT2D eigenvalue weighted by Crippen LogP contribution is -2.47. The number of rotatable bonds is 2. The molecule has 0 unspecified atom stereocenters. The van der Waals surface area contributed by atoms with Crippen molar-refractivity contribution in [3.63, 3.8) is 0 Å². The van der Waals surface area contributed by atoms with Crippen LogP contribution < -0.4 is 0 Å². The summed E-state index contributed by atoms with van der Waals surface area (Å²) < 4.78 is 0. The Kier molecular flexibility index (Phi) is 5.16. The van der Waals surface area contributed by atoms with Gasteiger partial charge in [-0.1, -0.05) is 11.8 Å². The van der Waals surface area contributed by atoms with Gasteiger partial charge in [-0.3, -0.25) is 4.79 Å². The highest BCUT2D eigenvalue weighted by molar-refractivity contribution is 5.94. The number of benzene rings is 1. The number of carbonyl (C=O) groups excluding carboxylic acids is 1. The maximum absolute atomic E-state index is 12.3. The molecule has 0 aliphatic carbocycles. The molecule has 1 fully saturated rings. The zero-order chi connectivity index (χ0) is 14.4. The molecule has 0 atom stereocenters. The van der Waals surface area contributed by atoms with Crippen molar-refractivity contribution >= 4 is 5.91 Å². The second-order valence-corrected chi connectivity index (χ2v) is 4.95. The topological polar surface area (TPSA) is 43.8 Å². The molecule has 0 spiro atoms. The lowest BCUT2D eigenvalue weighted by molar-refractivity contribution is 0.0664. The lowest BCUT2D eigenvalue weighted by atomic mass is 10.1. The highest BCUT2D eigenvalue weighted by atomic mass is 16.2. The van der Waals surface area contributed by atoms with Gasteiger partial charge in [-0.25, -0.2) is 0 Å². The molecule has 0 saturated carbocycles. The van der Waals surface area contributed by atoms with Crippen LogP contribution in [0.3, 0.4) is 0 Å². The van der Waals surface area contributed by atoms with Crippen molar-refractivity contribution in [1.82, 2.24) is 9.80 Å². The van der Waals surface area contributed by atoms with Crippen LogP contribution in [0.15, 0.2) is 24.3 Å². The SMILES string of the molecule is CN1CCN(C(=O)c2ccc(C#CCCO)cc2)CC1. The summed E-state index contributed by atoms with van der Waals surface area (Å²) in [4.78, 5) is 16.4. The van der Waals surface area contributed by atoms with Crippen LogP contribution in [-0.2, 0) is 0 Å². The van der Waals surface area contributed by atoms with Gasteiger partial charge in [0.1, 0.15) is 0 Å². The first-order valence-electron chi connectivity index (χ1n) is 6.88. The zero-order valence-corrected chi connectivity index (χ0v) is 11.8. The average Bonchev–Trinajstić information content (AvgIpc) is 2.48. The fourth-order valence-electron chi connectivity index (χ4n) is 2.11. The third-order valence-electron chi connectivity index (χ3n) is 3.39. The van der Waals surface area contributed by atoms with Gasteiger partial charge in [-0.2, -0.15) is 0 Å². The van der Waals surface area contributed by atoms with Gasteiger partial charge in [0.15, 0.2) is 0 Å². The number of likely N-dealkylation sites (N-methyl/N-ethyl adjacent to an activating group) is 1. The standard InChI is InChI=1S/C16H20N2O2/c1-17-9-11-18(12-10-17)16(20)15-7-5-14(6-8-15)4-2-3-13-19/h5-8,19H,3,9-13H2,1H3. The summed E-state index contributed by atoms with van der Waals surface area (Å²) in [7, 11) is 2.07. The Morgan fingerprint density at radius 1 is 1.20 bits per heavy atom. The maximum Gasteiger partial charge on any atom is 0.253 e. The quantitative estimate of drug-likeness (QED) is 0.810. The number of hydrogen-bond acceptors (Lipinski definition) is 3. The Bertz CT molecular complexity index is 506. The van der Waals surface area contributed by atoms with Crippen LogP contribution in [-0.4, -0.2) is 60.6 Å². The van der Waals surface area contributed by atoms with Crippen LogP contribution in [0.5, 0.6) is 0 Å². The van der Waals surface area contributed by atoms with Gasteiger partial charge in [0.25, 0.3) is 5.91 Å². The molecule has 1 aromatic rings. The third-order valence-corrected chi connectivity index (χ3v) is 3.39. The highest BCUT2D eigenvalue weighted by Gasteiger charge is 2.19. The molecule has 4 heteroatoms. The van der Waals surface area contributed by atoms with Crippen molar-refractivity contribution < 1.29 is 9.90 Å². The molecular formula is C16H20N2O2. The second kappa shape index (κ2) is 7.09. The third kappa shape index (κ3) is 3.83. The monoisotopic (exact) mass is 272 g/mol. The van der Waals surface area contributed by atoms with Crippen LogP contribution >= 0.6 is 0 Å². The number of aliphatic hydroxyl groups is 1. The largest absolute Gasteiger partial charge is 0.395 e. The van der Waals surface area contributed by atoms with E-state index in [0.29, 0.717) is 12.0 Å². The Hall–Kier alpha value is -1.83. The van der Waals surface area contributed by atoms with Crippen LogP contribution in [0.4, 0.5) is 0 Å². The summed E-state index contributed by atoms with van der Waals surface area (Å²) in [5.41, 5.74) is 1.58. The Morgan fingerprint density at radius 2 is 1.85 bits per heavy atom. The summed E-state index contributed by atoms with van der Waals surface area (Å²) in [5, 5.41) is 8.67. The van der Waals surface area contributed by atoms with E-state index in [9.17, 15) is 4.79 Å². The fraction of sp³-hybridized carbons (Fsp3) is 0.438. The van der Waals surface area contributed by atoms with Crippen molar-refractivity contribution in [2.75, 3.05) is 39.8 Å². The van der Waals surface area contributed by atoms with E-state index in [2.05, 4.69) is 23.8 Å². The summed E-state index contributed by atoms with van der Waals surface area (Å²) in [6, 6.07) is 7.36. The number of amides is 1. The van der Waals surface area contributed by atoms with E-state index < -0.39 is 0 Å². The number of piperazine rings is 1. The molecule has 1 saturated heterocycles. The van der Waals surface area contributed by atoms with Crippen LogP contribution in [0.1, 0.15) is 22.3 Å². The van der Waals surface area contributed by atoms with Crippen LogP contribution in [0, 0.1) is 11.8 Å². The van der Waals surface area contributed by atoms with Crippen LogP contribution in [0.2, 0.25) is 0 Å². The molecule has 0 radical (unpaired) electrons. The normalized spacial score (nSPS) is 15.6. The summed E-state index contributed by atoms with van der Waals surface area (Å²) in [6.45, 7) is 3.50. The van der Waals surface area contributed by atoms with Crippen molar-refractivity contribution in [3.8, 4) is 11.8 Å². The molecule has 0 aromatic heterocycles. The van der Waals surface area contributed by atoms with Gasteiger partial charge in [-0.05, 0) is 31.3 Å². The van der Waals surface area contributed by atoms with Gasteiger partial charge in [0.2, 0.25) is 0 Å². The van der Waals surface area contributed by atoms with E-state index >= 15 is 0 Å². The van der Waals surface area contributed by atoms with Crippen molar-refractivity contribution in [1.29, 1.82) is 0 Å².